The van der Waals surface area contributed by atoms with Gasteiger partial charge in [0.2, 0.25) is 11.8 Å². The fourth-order valence-electron chi connectivity index (χ4n) is 5.01. The van der Waals surface area contributed by atoms with Gasteiger partial charge < -0.3 is 24.0 Å². The van der Waals surface area contributed by atoms with Gasteiger partial charge in [0.05, 0.1) is 30.9 Å². The van der Waals surface area contributed by atoms with E-state index in [9.17, 15) is 14.4 Å². The fraction of sp³-hybridized carbons (Fsp3) is 0.700. The Morgan fingerprint density at radius 3 is 2.52 bits per heavy atom. The minimum Gasteiger partial charge on any atom is -0.378 e. The third kappa shape index (κ3) is 3.41. The van der Waals surface area contributed by atoms with Crippen LogP contribution in [0, 0.1) is 19.8 Å². The fourth-order valence-corrected chi connectivity index (χ4v) is 5.01. The maximum atomic E-state index is 13.1. The number of amides is 3. The van der Waals surface area contributed by atoms with Crippen LogP contribution in [0.3, 0.4) is 0 Å². The summed E-state index contributed by atoms with van der Waals surface area (Å²) in [6.45, 7) is 8.20. The number of aryl methyl sites for hydroxylation is 2. The van der Waals surface area contributed by atoms with Gasteiger partial charge in [-0.05, 0) is 26.7 Å². The Bertz CT molecular complexity index is 796. The molecule has 4 rings (SSSR count). The van der Waals surface area contributed by atoms with Crippen molar-refractivity contribution >= 4 is 17.7 Å². The first-order valence-corrected chi connectivity index (χ1v) is 10.3. The molecule has 29 heavy (non-hydrogen) atoms. The summed E-state index contributed by atoms with van der Waals surface area (Å²) < 4.78 is 10.5. The number of carbonyl (C=O) groups excluding carboxylic acids is 3. The largest absolute Gasteiger partial charge is 0.378 e. The van der Waals surface area contributed by atoms with Crippen molar-refractivity contribution in [3.8, 4) is 0 Å². The van der Waals surface area contributed by atoms with Crippen LogP contribution in [0.25, 0.3) is 0 Å². The van der Waals surface area contributed by atoms with E-state index in [4.69, 9.17) is 9.26 Å². The minimum atomic E-state index is -0.231. The van der Waals surface area contributed by atoms with Crippen LogP contribution in [0.2, 0.25) is 0 Å². The predicted molar refractivity (Wildman–Crippen MR) is 102 cm³/mol. The highest BCUT2D eigenvalue weighted by molar-refractivity contribution is 5.99. The van der Waals surface area contributed by atoms with Gasteiger partial charge in [-0.3, -0.25) is 14.4 Å². The molecule has 3 aliphatic rings. The van der Waals surface area contributed by atoms with E-state index in [2.05, 4.69) is 5.16 Å². The Morgan fingerprint density at radius 1 is 1.17 bits per heavy atom. The van der Waals surface area contributed by atoms with E-state index >= 15 is 0 Å². The molecular weight excluding hydrogens is 376 g/mol. The molecule has 9 heteroatoms. The van der Waals surface area contributed by atoms with Crippen LogP contribution >= 0.6 is 0 Å². The summed E-state index contributed by atoms with van der Waals surface area (Å²) in [6, 6.07) is -0.250. The van der Waals surface area contributed by atoms with Crippen molar-refractivity contribution in [2.24, 2.45) is 5.92 Å². The number of ether oxygens (including phenoxy) is 1. The zero-order valence-corrected chi connectivity index (χ0v) is 17.2. The van der Waals surface area contributed by atoms with Crippen LogP contribution in [0.15, 0.2) is 4.52 Å². The van der Waals surface area contributed by atoms with Crippen LogP contribution in [0.5, 0.6) is 0 Å². The number of aromatic nitrogens is 1. The van der Waals surface area contributed by atoms with E-state index in [1.54, 1.807) is 18.7 Å². The predicted octanol–water partition coefficient (Wildman–Crippen LogP) is 0.602. The molecule has 4 heterocycles. The van der Waals surface area contributed by atoms with Crippen molar-refractivity contribution in [1.29, 1.82) is 0 Å². The second-order valence-electron chi connectivity index (χ2n) is 8.10. The number of nitrogens with zero attached hydrogens (tertiary/aromatic N) is 4. The topological polar surface area (TPSA) is 96.2 Å². The van der Waals surface area contributed by atoms with Crippen molar-refractivity contribution in [2.75, 3.05) is 39.4 Å². The molecule has 9 nitrogen and oxygen atoms in total. The molecule has 1 aromatic heterocycles. The zero-order chi connectivity index (χ0) is 20.7. The lowest BCUT2D eigenvalue weighted by Crippen LogP contribution is -2.57. The maximum absolute atomic E-state index is 13.1. The van der Waals surface area contributed by atoms with Crippen LogP contribution in [0.1, 0.15) is 41.6 Å². The highest BCUT2D eigenvalue weighted by atomic mass is 16.5. The summed E-state index contributed by atoms with van der Waals surface area (Å²) in [7, 11) is 0. The van der Waals surface area contributed by atoms with Crippen LogP contribution in [-0.2, 0) is 14.3 Å². The summed E-state index contributed by atoms with van der Waals surface area (Å²) in [5.41, 5.74) is 0.956. The third-order valence-electron chi connectivity index (χ3n) is 6.38. The van der Waals surface area contributed by atoms with Crippen LogP contribution in [-0.4, -0.2) is 89.1 Å². The molecule has 0 aromatic carbocycles. The summed E-state index contributed by atoms with van der Waals surface area (Å²) in [4.78, 5) is 44.4. The first-order valence-electron chi connectivity index (χ1n) is 10.3. The van der Waals surface area contributed by atoms with E-state index in [0.717, 1.165) is 6.42 Å². The lowest BCUT2D eigenvalue weighted by atomic mass is 9.95. The van der Waals surface area contributed by atoms with E-state index in [-0.39, 0.29) is 42.3 Å². The van der Waals surface area contributed by atoms with Gasteiger partial charge >= 0.3 is 0 Å². The molecule has 0 aliphatic carbocycles. The van der Waals surface area contributed by atoms with E-state index in [1.807, 2.05) is 16.7 Å². The Morgan fingerprint density at radius 2 is 1.90 bits per heavy atom. The van der Waals surface area contributed by atoms with E-state index in [0.29, 0.717) is 56.3 Å². The van der Waals surface area contributed by atoms with Crippen molar-refractivity contribution in [1.82, 2.24) is 19.9 Å². The minimum absolute atomic E-state index is 0.0222. The molecule has 1 aromatic rings. The first-order chi connectivity index (χ1) is 13.9. The normalized spacial score (nSPS) is 27.3. The van der Waals surface area contributed by atoms with Crippen molar-refractivity contribution in [3.05, 3.63) is 17.0 Å². The third-order valence-corrected chi connectivity index (χ3v) is 6.38. The van der Waals surface area contributed by atoms with Gasteiger partial charge in [0.1, 0.15) is 17.9 Å². The monoisotopic (exact) mass is 404 g/mol. The Balaban J connectivity index is 1.53. The standard InChI is InChI=1S/C20H28N4O5/c1-4-16-15(19(26)22-5-7-28-8-6-22)9-14-10-23(11-17(25)24(14)16)20(27)18-12(2)21-29-13(18)3/h14-16H,4-11H2,1-3H3/t14-,15-,16-/m1/s1. The van der Waals surface area contributed by atoms with Gasteiger partial charge in [-0.15, -0.1) is 0 Å². The smallest absolute Gasteiger partial charge is 0.259 e. The summed E-state index contributed by atoms with van der Waals surface area (Å²) in [6.07, 6.45) is 1.31. The molecule has 158 valence electrons. The molecule has 0 N–H and O–H groups in total. The number of hydrogen-bond donors (Lipinski definition) is 0. The highest BCUT2D eigenvalue weighted by Crippen LogP contribution is 2.36. The zero-order valence-electron chi connectivity index (χ0n) is 17.2. The first kappa shape index (κ1) is 19.9. The molecule has 3 amide bonds. The van der Waals surface area contributed by atoms with Gasteiger partial charge in [0.15, 0.2) is 0 Å². The van der Waals surface area contributed by atoms with Crippen LogP contribution in [0.4, 0.5) is 0 Å². The number of morpholine rings is 1. The molecular formula is C20H28N4O5. The molecule has 0 radical (unpaired) electrons. The number of fused-ring (bicyclic) bond motifs is 1. The molecule has 3 atom stereocenters. The highest BCUT2D eigenvalue weighted by Gasteiger charge is 2.50. The molecule has 3 saturated heterocycles. The van der Waals surface area contributed by atoms with E-state index in [1.165, 1.54) is 0 Å². The Labute approximate surface area is 169 Å². The van der Waals surface area contributed by atoms with Gasteiger partial charge in [-0.25, -0.2) is 0 Å². The molecule has 0 unspecified atom stereocenters. The van der Waals surface area contributed by atoms with Crippen molar-refractivity contribution in [2.45, 2.75) is 45.7 Å². The summed E-state index contributed by atoms with van der Waals surface area (Å²) in [5, 5.41) is 3.85. The number of hydrogen-bond acceptors (Lipinski definition) is 6. The Kier molecular flexibility index (Phi) is 5.33. The van der Waals surface area contributed by atoms with Crippen LogP contribution < -0.4 is 0 Å². The SMILES string of the molecule is CC[C@@H]1[C@H](C(=O)N2CCOCC2)C[C@@H]2CN(C(=O)c3c(C)noc3C)CC(=O)N21. The summed E-state index contributed by atoms with van der Waals surface area (Å²) in [5.74, 6) is 0.0171. The van der Waals surface area contributed by atoms with Crippen molar-refractivity contribution in [3.63, 3.8) is 0 Å². The quantitative estimate of drug-likeness (QED) is 0.732. The number of rotatable bonds is 3. The van der Waals surface area contributed by atoms with Gasteiger partial charge in [0, 0.05) is 25.7 Å². The lowest BCUT2D eigenvalue weighted by molar-refractivity contribution is -0.143. The second kappa shape index (κ2) is 7.78. The lowest BCUT2D eigenvalue weighted by Gasteiger charge is -2.40. The number of carbonyl (C=O) groups is 3. The molecule has 0 bridgehead atoms. The average Bonchev–Trinajstić information content (AvgIpc) is 3.27. The second-order valence-corrected chi connectivity index (χ2v) is 8.10. The summed E-state index contributed by atoms with van der Waals surface area (Å²) >= 11 is 0. The van der Waals surface area contributed by atoms with Gasteiger partial charge in [-0.2, -0.15) is 0 Å². The maximum Gasteiger partial charge on any atom is 0.259 e. The van der Waals surface area contributed by atoms with Gasteiger partial charge in [-0.1, -0.05) is 12.1 Å². The average molecular weight is 404 g/mol. The van der Waals surface area contributed by atoms with Crippen molar-refractivity contribution < 1.29 is 23.6 Å². The molecule has 0 saturated carbocycles. The van der Waals surface area contributed by atoms with E-state index < -0.39 is 0 Å². The van der Waals surface area contributed by atoms with Gasteiger partial charge in [0.25, 0.3) is 5.91 Å². The molecule has 0 spiro atoms. The Hall–Kier alpha value is -2.42. The molecule has 3 aliphatic heterocycles. The number of piperazine rings is 1. The molecule has 3 fully saturated rings.